The van der Waals surface area contributed by atoms with Crippen molar-refractivity contribution in [2.75, 3.05) is 6.54 Å². The summed E-state index contributed by atoms with van der Waals surface area (Å²) in [6.07, 6.45) is 0. The molecule has 0 aromatic carbocycles. The van der Waals surface area contributed by atoms with E-state index in [1.807, 2.05) is 11.3 Å². The number of nitrogens with one attached hydrogen (secondary N) is 1. The summed E-state index contributed by atoms with van der Waals surface area (Å²) < 4.78 is 0. The molecule has 0 bridgehead atoms. The van der Waals surface area contributed by atoms with Gasteiger partial charge in [0.25, 0.3) is 0 Å². The van der Waals surface area contributed by atoms with Crippen LogP contribution in [-0.2, 0) is 6.54 Å². The van der Waals surface area contributed by atoms with E-state index in [0.29, 0.717) is 11.3 Å². The number of thiophene rings is 1. The molecule has 2 heteroatoms. The molecule has 0 aliphatic heterocycles. The summed E-state index contributed by atoms with van der Waals surface area (Å²) in [6, 6.07) is 4.29. The molecule has 0 aliphatic carbocycles. The Kier molecular flexibility index (Phi) is 4.14. The van der Waals surface area contributed by atoms with Gasteiger partial charge in [-0.1, -0.05) is 33.8 Å². The van der Waals surface area contributed by atoms with Crippen molar-refractivity contribution in [1.29, 1.82) is 0 Å². The molecule has 14 heavy (non-hydrogen) atoms. The van der Waals surface area contributed by atoms with Gasteiger partial charge in [-0.3, -0.25) is 0 Å². The summed E-state index contributed by atoms with van der Waals surface area (Å²) in [7, 11) is 0. The molecule has 1 rings (SSSR count). The van der Waals surface area contributed by atoms with Crippen LogP contribution in [0.3, 0.4) is 0 Å². The second-order valence-corrected chi connectivity index (χ2v) is 6.01. The van der Waals surface area contributed by atoms with Gasteiger partial charge in [0.1, 0.15) is 0 Å². The zero-order valence-corrected chi connectivity index (χ0v) is 10.4. The monoisotopic (exact) mass is 211 g/mol. The third kappa shape index (κ3) is 3.81. The number of hydrogen-bond donors (Lipinski definition) is 1. The average Bonchev–Trinajstić information content (AvgIpc) is 2.55. The quantitative estimate of drug-likeness (QED) is 0.803. The highest BCUT2D eigenvalue weighted by molar-refractivity contribution is 7.09. The van der Waals surface area contributed by atoms with Crippen molar-refractivity contribution in [2.45, 2.75) is 34.2 Å². The van der Waals surface area contributed by atoms with E-state index in [1.165, 1.54) is 4.88 Å². The SMILES string of the molecule is CC(CNCc1cccs1)C(C)(C)C. The van der Waals surface area contributed by atoms with Crippen molar-refractivity contribution in [3.05, 3.63) is 22.4 Å². The lowest BCUT2D eigenvalue weighted by molar-refractivity contribution is 0.253. The first-order valence-corrected chi connectivity index (χ1v) is 6.11. The van der Waals surface area contributed by atoms with Crippen LogP contribution in [0.5, 0.6) is 0 Å². The zero-order valence-electron chi connectivity index (χ0n) is 9.63. The van der Waals surface area contributed by atoms with E-state index in [4.69, 9.17) is 0 Å². The molecule has 0 saturated heterocycles. The molecule has 1 atom stereocenters. The Morgan fingerprint density at radius 1 is 1.43 bits per heavy atom. The molecule has 1 heterocycles. The molecule has 0 saturated carbocycles. The Bertz CT molecular complexity index is 246. The molecule has 0 aliphatic rings. The maximum atomic E-state index is 3.50. The van der Waals surface area contributed by atoms with Crippen LogP contribution in [0.1, 0.15) is 32.6 Å². The second-order valence-electron chi connectivity index (χ2n) is 4.98. The van der Waals surface area contributed by atoms with Crippen molar-refractivity contribution < 1.29 is 0 Å². The number of hydrogen-bond acceptors (Lipinski definition) is 2. The van der Waals surface area contributed by atoms with Gasteiger partial charge in [0, 0.05) is 11.4 Å². The first kappa shape index (κ1) is 11.7. The van der Waals surface area contributed by atoms with Crippen molar-refractivity contribution >= 4 is 11.3 Å². The van der Waals surface area contributed by atoms with Crippen LogP contribution in [0, 0.1) is 11.3 Å². The van der Waals surface area contributed by atoms with Gasteiger partial charge in [-0.05, 0) is 29.3 Å². The molecule has 0 fully saturated rings. The topological polar surface area (TPSA) is 12.0 Å². The molecule has 0 amide bonds. The van der Waals surface area contributed by atoms with Crippen molar-refractivity contribution in [3.63, 3.8) is 0 Å². The van der Waals surface area contributed by atoms with Crippen LogP contribution in [0.2, 0.25) is 0 Å². The smallest absolute Gasteiger partial charge is 0.0299 e. The minimum absolute atomic E-state index is 0.405. The molecule has 0 spiro atoms. The van der Waals surface area contributed by atoms with Crippen LogP contribution in [0.25, 0.3) is 0 Å². The highest BCUT2D eigenvalue weighted by atomic mass is 32.1. The lowest BCUT2D eigenvalue weighted by atomic mass is 9.82. The average molecular weight is 211 g/mol. The van der Waals surface area contributed by atoms with E-state index < -0.39 is 0 Å². The van der Waals surface area contributed by atoms with E-state index >= 15 is 0 Å². The largest absolute Gasteiger partial charge is 0.312 e. The lowest BCUT2D eigenvalue weighted by Crippen LogP contribution is -2.29. The molecule has 1 nitrogen and oxygen atoms in total. The molecule has 1 aromatic heterocycles. The highest BCUT2D eigenvalue weighted by Gasteiger charge is 2.18. The first-order valence-electron chi connectivity index (χ1n) is 5.23. The van der Waals surface area contributed by atoms with E-state index in [9.17, 15) is 0 Å². The number of rotatable bonds is 4. The van der Waals surface area contributed by atoms with Crippen molar-refractivity contribution in [1.82, 2.24) is 5.32 Å². The minimum Gasteiger partial charge on any atom is -0.312 e. The molecule has 80 valence electrons. The third-order valence-electron chi connectivity index (χ3n) is 2.81. The summed E-state index contributed by atoms with van der Waals surface area (Å²) in [5.41, 5.74) is 0.405. The summed E-state index contributed by atoms with van der Waals surface area (Å²) in [6.45, 7) is 11.3. The zero-order chi connectivity index (χ0) is 10.6. The summed E-state index contributed by atoms with van der Waals surface area (Å²) >= 11 is 1.82. The maximum absolute atomic E-state index is 3.50. The second kappa shape index (κ2) is 4.94. The predicted molar refractivity (Wildman–Crippen MR) is 64.6 cm³/mol. The summed E-state index contributed by atoms with van der Waals surface area (Å²) in [5.74, 6) is 0.711. The Morgan fingerprint density at radius 3 is 2.64 bits per heavy atom. The van der Waals surface area contributed by atoms with Gasteiger partial charge in [-0.15, -0.1) is 11.3 Å². The summed E-state index contributed by atoms with van der Waals surface area (Å²) in [4.78, 5) is 1.42. The van der Waals surface area contributed by atoms with Gasteiger partial charge in [0.05, 0.1) is 0 Å². The van der Waals surface area contributed by atoms with Gasteiger partial charge < -0.3 is 5.32 Å². The molecule has 1 N–H and O–H groups in total. The highest BCUT2D eigenvalue weighted by Crippen LogP contribution is 2.24. The van der Waals surface area contributed by atoms with Gasteiger partial charge >= 0.3 is 0 Å². The van der Waals surface area contributed by atoms with Crippen LogP contribution < -0.4 is 5.32 Å². The Labute approximate surface area is 91.5 Å². The Balaban J connectivity index is 2.22. The van der Waals surface area contributed by atoms with Gasteiger partial charge in [-0.2, -0.15) is 0 Å². The van der Waals surface area contributed by atoms with Crippen molar-refractivity contribution in [3.8, 4) is 0 Å². The molecule has 1 aromatic rings. The van der Waals surface area contributed by atoms with Crippen molar-refractivity contribution in [2.24, 2.45) is 11.3 Å². The maximum Gasteiger partial charge on any atom is 0.0299 e. The molecular weight excluding hydrogens is 190 g/mol. The molecule has 0 radical (unpaired) electrons. The molecular formula is C12H21NS. The Hall–Kier alpha value is -0.340. The van der Waals surface area contributed by atoms with E-state index in [0.717, 1.165) is 13.1 Å². The van der Waals surface area contributed by atoms with Crippen LogP contribution in [0.15, 0.2) is 17.5 Å². The predicted octanol–water partition coefficient (Wildman–Crippen LogP) is 3.52. The fourth-order valence-electron chi connectivity index (χ4n) is 1.13. The van der Waals surface area contributed by atoms with Gasteiger partial charge in [0.2, 0.25) is 0 Å². The Morgan fingerprint density at radius 2 is 2.14 bits per heavy atom. The lowest BCUT2D eigenvalue weighted by Gasteiger charge is -2.27. The summed E-state index contributed by atoms with van der Waals surface area (Å²) in [5, 5.41) is 5.63. The van der Waals surface area contributed by atoms with Crippen LogP contribution >= 0.6 is 11.3 Å². The van der Waals surface area contributed by atoms with Crippen LogP contribution in [-0.4, -0.2) is 6.54 Å². The van der Waals surface area contributed by atoms with E-state index in [1.54, 1.807) is 0 Å². The van der Waals surface area contributed by atoms with Crippen LogP contribution in [0.4, 0.5) is 0 Å². The standard InChI is InChI=1S/C12H21NS/c1-10(12(2,3)4)8-13-9-11-6-5-7-14-11/h5-7,10,13H,8-9H2,1-4H3. The fourth-order valence-corrected chi connectivity index (χ4v) is 1.81. The first-order chi connectivity index (χ1) is 6.50. The fraction of sp³-hybridized carbons (Fsp3) is 0.667. The van der Waals surface area contributed by atoms with Gasteiger partial charge in [-0.25, -0.2) is 0 Å². The minimum atomic E-state index is 0.405. The van der Waals surface area contributed by atoms with E-state index in [-0.39, 0.29) is 0 Å². The normalized spacial score (nSPS) is 14.3. The third-order valence-corrected chi connectivity index (χ3v) is 3.68. The molecule has 1 unspecified atom stereocenters. The van der Waals surface area contributed by atoms with Gasteiger partial charge in [0.15, 0.2) is 0 Å². The van der Waals surface area contributed by atoms with E-state index in [2.05, 4.69) is 50.5 Å².